The molecule has 0 saturated heterocycles. The highest BCUT2D eigenvalue weighted by Crippen LogP contribution is 2.26. The van der Waals surface area contributed by atoms with Crippen LogP contribution in [0, 0.1) is 12.7 Å². The second-order valence-electron chi connectivity index (χ2n) is 3.75. The van der Waals surface area contributed by atoms with Crippen molar-refractivity contribution in [2.75, 3.05) is 0 Å². The molecule has 0 unspecified atom stereocenters. The Morgan fingerprint density at radius 1 is 1.32 bits per heavy atom. The highest BCUT2D eigenvalue weighted by molar-refractivity contribution is 9.10. The lowest BCUT2D eigenvalue weighted by molar-refractivity contribution is 0.584. The minimum atomic E-state index is -1.23. The summed E-state index contributed by atoms with van der Waals surface area (Å²) < 4.78 is 14.5. The maximum Gasteiger partial charge on any atom is 0.334 e. The molecule has 1 aromatic heterocycles. The van der Waals surface area contributed by atoms with Crippen molar-refractivity contribution in [1.82, 2.24) is 9.55 Å². The molecule has 0 saturated carbocycles. The van der Waals surface area contributed by atoms with E-state index in [1.165, 1.54) is 6.07 Å². The molecule has 2 aromatic rings. The van der Waals surface area contributed by atoms with Gasteiger partial charge in [-0.25, -0.2) is 9.36 Å². The summed E-state index contributed by atoms with van der Waals surface area (Å²) in [5.41, 5.74) is -1.11. The fourth-order valence-corrected chi connectivity index (χ4v) is 2.47. The Hall–Kier alpha value is -1.11. The first kappa shape index (κ1) is 14.3. The van der Waals surface area contributed by atoms with Gasteiger partial charge < -0.3 is 0 Å². The zero-order valence-corrected chi connectivity index (χ0v) is 12.5. The Bertz CT molecular complexity index is 785. The number of hydrogen-bond acceptors (Lipinski definition) is 2. The minimum absolute atomic E-state index is 0.136. The van der Waals surface area contributed by atoms with Crippen LogP contribution in [0.25, 0.3) is 5.69 Å². The second-order valence-corrected chi connectivity index (χ2v) is 5.39. The van der Waals surface area contributed by atoms with Crippen LogP contribution in [0.2, 0.25) is 10.2 Å². The molecule has 4 nitrogen and oxygen atoms in total. The summed E-state index contributed by atoms with van der Waals surface area (Å²) in [7, 11) is 0. The van der Waals surface area contributed by atoms with E-state index in [4.69, 9.17) is 23.2 Å². The SMILES string of the molecule is Cc1cc(Br)c(-n2c(=O)[nH]c(Cl)c(F)c2=O)cc1Cl. The average Bonchev–Trinajstić information content (AvgIpc) is 2.33. The predicted molar refractivity (Wildman–Crippen MR) is 75.1 cm³/mol. The molecule has 1 aromatic carbocycles. The van der Waals surface area contributed by atoms with Crippen LogP contribution in [0.15, 0.2) is 26.2 Å². The van der Waals surface area contributed by atoms with Crippen LogP contribution in [0.4, 0.5) is 4.39 Å². The van der Waals surface area contributed by atoms with Crippen molar-refractivity contribution in [3.63, 3.8) is 0 Å². The third-order valence-corrected chi connectivity index (χ3v) is 3.78. The Morgan fingerprint density at radius 2 is 1.95 bits per heavy atom. The minimum Gasteiger partial charge on any atom is -0.295 e. The Balaban J connectivity index is 2.88. The smallest absolute Gasteiger partial charge is 0.295 e. The molecule has 0 aliphatic heterocycles. The number of hydrogen-bond donors (Lipinski definition) is 1. The molecular weight excluding hydrogens is 362 g/mol. The molecule has 1 heterocycles. The number of aromatic amines is 1. The summed E-state index contributed by atoms with van der Waals surface area (Å²) in [4.78, 5) is 25.6. The van der Waals surface area contributed by atoms with Gasteiger partial charge in [0.25, 0.3) is 5.56 Å². The summed E-state index contributed by atoms with van der Waals surface area (Å²) in [5.74, 6) is -1.23. The van der Waals surface area contributed by atoms with E-state index in [1.54, 1.807) is 13.0 Å². The van der Waals surface area contributed by atoms with E-state index in [2.05, 4.69) is 15.9 Å². The molecule has 8 heteroatoms. The summed E-state index contributed by atoms with van der Waals surface area (Å²) in [6.45, 7) is 1.76. The van der Waals surface area contributed by atoms with Gasteiger partial charge in [-0.3, -0.25) is 9.78 Å². The number of benzene rings is 1. The molecule has 0 aliphatic rings. The van der Waals surface area contributed by atoms with E-state index in [9.17, 15) is 14.0 Å². The van der Waals surface area contributed by atoms with Crippen molar-refractivity contribution in [2.45, 2.75) is 6.92 Å². The highest BCUT2D eigenvalue weighted by Gasteiger charge is 2.16. The summed E-state index contributed by atoms with van der Waals surface area (Å²) >= 11 is 14.5. The van der Waals surface area contributed by atoms with Crippen LogP contribution in [-0.4, -0.2) is 9.55 Å². The Labute approximate surface area is 124 Å². The quantitative estimate of drug-likeness (QED) is 0.787. The second kappa shape index (κ2) is 5.11. The fourth-order valence-electron chi connectivity index (χ4n) is 1.51. The van der Waals surface area contributed by atoms with Crippen molar-refractivity contribution in [2.24, 2.45) is 0 Å². The standard InChI is InChI=1S/C11H6BrCl2FN2O2/c1-4-2-5(12)7(3-6(4)13)17-10(18)8(15)9(14)16-11(17)19/h2-3H,1H3,(H,16,19). The lowest BCUT2D eigenvalue weighted by atomic mass is 10.2. The number of nitrogens with zero attached hydrogens (tertiary/aromatic N) is 1. The normalized spacial score (nSPS) is 10.8. The van der Waals surface area contributed by atoms with Crippen LogP contribution in [0.5, 0.6) is 0 Å². The zero-order valence-electron chi connectivity index (χ0n) is 9.43. The van der Waals surface area contributed by atoms with Crippen molar-refractivity contribution in [3.8, 4) is 5.69 Å². The van der Waals surface area contributed by atoms with Gasteiger partial charge in [0.2, 0.25) is 5.82 Å². The lowest BCUT2D eigenvalue weighted by Gasteiger charge is -2.09. The van der Waals surface area contributed by atoms with Gasteiger partial charge in [0.05, 0.1) is 5.69 Å². The van der Waals surface area contributed by atoms with Gasteiger partial charge in [-0.2, -0.15) is 4.39 Å². The molecule has 0 bridgehead atoms. The van der Waals surface area contributed by atoms with Crippen LogP contribution < -0.4 is 11.2 Å². The zero-order chi connectivity index (χ0) is 14.3. The average molecular weight is 368 g/mol. The van der Waals surface area contributed by atoms with Gasteiger partial charge in [-0.1, -0.05) is 23.2 Å². The van der Waals surface area contributed by atoms with Gasteiger partial charge in [-0.05, 0) is 40.5 Å². The number of nitrogens with one attached hydrogen (secondary N) is 1. The van der Waals surface area contributed by atoms with Gasteiger partial charge in [0.1, 0.15) is 0 Å². The Morgan fingerprint density at radius 3 is 2.58 bits per heavy atom. The van der Waals surface area contributed by atoms with E-state index >= 15 is 0 Å². The molecule has 0 amide bonds. The topological polar surface area (TPSA) is 54.9 Å². The van der Waals surface area contributed by atoms with Crippen molar-refractivity contribution >= 4 is 39.1 Å². The van der Waals surface area contributed by atoms with Gasteiger partial charge >= 0.3 is 5.69 Å². The fraction of sp³-hybridized carbons (Fsp3) is 0.0909. The van der Waals surface area contributed by atoms with E-state index in [0.29, 0.717) is 14.1 Å². The number of aromatic nitrogens is 2. The van der Waals surface area contributed by atoms with Crippen molar-refractivity contribution in [1.29, 1.82) is 0 Å². The molecule has 0 fully saturated rings. The molecule has 0 spiro atoms. The molecule has 0 atom stereocenters. The number of aryl methyl sites for hydroxylation is 1. The van der Waals surface area contributed by atoms with Crippen molar-refractivity contribution in [3.05, 3.63) is 59.0 Å². The largest absolute Gasteiger partial charge is 0.334 e. The summed E-state index contributed by atoms with van der Waals surface area (Å²) in [6.07, 6.45) is 0. The summed E-state index contributed by atoms with van der Waals surface area (Å²) in [6, 6.07) is 3.01. The number of rotatable bonds is 1. The van der Waals surface area contributed by atoms with Gasteiger partial charge in [-0.15, -0.1) is 0 Å². The lowest BCUT2D eigenvalue weighted by Crippen LogP contribution is -2.36. The van der Waals surface area contributed by atoms with E-state index in [0.717, 1.165) is 5.56 Å². The highest BCUT2D eigenvalue weighted by atomic mass is 79.9. The first-order valence-electron chi connectivity index (χ1n) is 4.99. The molecular formula is C11H6BrCl2FN2O2. The first-order chi connectivity index (χ1) is 8.82. The monoisotopic (exact) mass is 366 g/mol. The van der Waals surface area contributed by atoms with Crippen molar-refractivity contribution < 1.29 is 4.39 Å². The van der Waals surface area contributed by atoms with Crippen LogP contribution in [-0.2, 0) is 0 Å². The maximum absolute atomic E-state index is 13.5. The molecule has 100 valence electrons. The predicted octanol–water partition coefficient (Wildman–Crippen LogP) is 3.04. The number of halogens is 4. The molecule has 0 aliphatic carbocycles. The van der Waals surface area contributed by atoms with Crippen LogP contribution in [0.3, 0.4) is 0 Å². The van der Waals surface area contributed by atoms with Crippen LogP contribution >= 0.6 is 39.1 Å². The van der Waals surface area contributed by atoms with E-state index in [1.807, 2.05) is 4.98 Å². The maximum atomic E-state index is 13.5. The third-order valence-electron chi connectivity index (χ3n) is 2.47. The van der Waals surface area contributed by atoms with Crippen LogP contribution in [0.1, 0.15) is 5.56 Å². The molecule has 1 N–H and O–H groups in total. The summed E-state index contributed by atoms with van der Waals surface area (Å²) in [5, 5.41) is -0.277. The third kappa shape index (κ3) is 2.48. The van der Waals surface area contributed by atoms with E-state index < -0.39 is 22.2 Å². The molecule has 2 rings (SSSR count). The van der Waals surface area contributed by atoms with E-state index in [-0.39, 0.29) is 5.69 Å². The van der Waals surface area contributed by atoms with Gasteiger partial charge in [0, 0.05) is 9.50 Å². The first-order valence-corrected chi connectivity index (χ1v) is 6.54. The molecule has 19 heavy (non-hydrogen) atoms. The van der Waals surface area contributed by atoms with Gasteiger partial charge in [0.15, 0.2) is 5.15 Å². The Kier molecular flexibility index (Phi) is 3.85. The number of H-pyrrole nitrogens is 1. The molecule has 0 radical (unpaired) electrons.